The number of carboxylic acid groups (broad SMARTS) is 2. The maximum atomic E-state index is 10.4. The van der Waals surface area contributed by atoms with Crippen molar-refractivity contribution in [1.29, 1.82) is 0 Å². The quantitative estimate of drug-likeness (QED) is 0.543. The maximum absolute atomic E-state index is 10.4. The summed E-state index contributed by atoms with van der Waals surface area (Å²) < 4.78 is 0. The Labute approximate surface area is 102 Å². The summed E-state index contributed by atoms with van der Waals surface area (Å²) in [5.41, 5.74) is 0.545. The molecule has 0 fully saturated rings. The third-order valence-electron chi connectivity index (χ3n) is 2.27. The molecule has 98 valence electrons. The summed E-state index contributed by atoms with van der Waals surface area (Å²) in [4.78, 5) is 24.6. The summed E-state index contributed by atoms with van der Waals surface area (Å²) in [6.07, 6.45) is -2.41. The molecule has 0 saturated carbocycles. The first kappa shape index (κ1) is 14.1. The first-order valence-corrected chi connectivity index (χ1v) is 5.14. The standard InChI is InChI=1S/C11H13NO6/c13-8(4-10(16)17)11(18)6-1-2-7(12-5-6)3-9(14)15/h1-2,5,8,11,13,18H,3-4H2,(H,14,15)(H,16,17). The molecule has 0 aliphatic heterocycles. The van der Waals surface area contributed by atoms with Gasteiger partial charge in [-0.05, 0) is 6.07 Å². The van der Waals surface area contributed by atoms with E-state index < -0.39 is 30.6 Å². The van der Waals surface area contributed by atoms with Crippen LogP contribution in [0.3, 0.4) is 0 Å². The summed E-state index contributed by atoms with van der Waals surface area (Å²) in [6.45, 7) is 0. The summed E-state index contributed by atoms with van der Waals surface area (Å²) in [7, 11) is 0. The molecule has 1 rings (SSSR count). The zero-order valence-electron chi connectivity index (χ0n) is 9.35. The SMILES string of the molecule is O=C(O)Cc1ccc(C(O)C(O)CC(=O)O)cn1. The molecule has 1 heterocycles. The van der Waals surface area contributed by atoms with Crippen LogP contribution in [0.5, 0.6) is 0 Å². The topological polar surface area (TPSA) is 128 Å². The van der Waals surface area contributed by atoms with Crippen molar-refractivity contribution < 1.29 is 30.0 Å². The number of aromatic nitrogens is 1. The van der Waals surface area contributed by atoms with E-state index in [4.69, 9.17) is 10.2 Å². The van der Waals surface area contributed by atoms with Crippen molar-refractivity contribution in [1.82, 2.24) is 4.98 Å². The first-order valence-electron chi connectivity index (χ1n) is 5.14. The van der Waals surface area contributed by atoms with Crippen LogP contribution in [0.15, 0.2) is 18.3 Å². The monoisotopic (exact) mass is 255 g/mol. The van der Waals surface area contributed by atoms with Gasteiger partial charge in [0, 0.05) is 11.8 Å². The van der Waals surface area contributed by atoms with Crippen LogP contribution in [-0.4, -0.2) is 43.5 Å². The van der Waals surface area contributed by atoms with Crippen molar-refractivity contribution in [3.05, 3.63) is 29.6 Å². The lowest BCUT2D eigenvalue weighted by Gasteiger charge is -2.16. The van der Waals surface area contributed by atoms with E-state index in [-0.39, 0.29) is 12.0 Å². The lowest BCUT2D eigenvalue weighted by Crippen LogP contribution is -2.22. The Bertz CT molecular complexity index is 430. The lowest BCUT2D eigenvalue weighted by molar-refractivity contribution is -0.141. The Morgan fingerprint density at radius 2 is 1.83 bits per heavy atom. The van der Waals surface area contributed by atoms with Crippen LogP contribution in [0.1, 0.15) is 23.8 Å². The number of carboxylic acids is 2. The molecule has 0 bridgehead atoms. The molecule has 0 radical (unpaired) electrons. The average molecular weight is 255 g/mol. The van der Waals surface area contributed by atoms with E-state index in [1.807, 2.05) is 0 Å². The summed E-state index contributed by atoms with van der Waals surface area (Å²) in [5, 5.41) is 36.1. The van der Waals surface area contributed by atoms with Gasteiger partial charge in [-0.25, -0.2) is 0 Å². The number of rotatable bonds is 6. The van der Waals surface area contributed by atoms with Crippen molar-refractivity contribution in [3.63, 3.8) is 0 Å². The molecule has 0 aliphatic rings. The smallest absolute Gasteiger partial charge is 0.309 e. The van der Waals surface area contributed by atoms with E-state index >= 15 is 0 Å². The number of aliphatic carboxylic acids is 2. The number of nitrogens with zero attached hydrogens (tertiary/aromatic N) is 1. The molecular weight excluding hydrogens is 242 g/mol. The van der Waals surface area contributed by atoms with Gasteiger partial charge >= 0.3 is 11.9 Å². The highest BCUT2D eigenvalue weighted by molar-refractivity contribution is 5.69. The minimum atomic E-state index is -1.44. The van der Waals surface area contributed by atoms with Crippen LogP contribution in [-0.2, 0) is 16.0 Å². The van der Waals surface area contributed by atoms with Gasteiger partial charge in [0.2, 0.25) is 0 Å². The van der Waals surface area contributed by atoms with E-state index in [1.165, 1.54) is 18.3 Å². The number of aliphatic hydroxyl groups excluding tert-OH is 2. The fraction of sp³-hybridized carbons (Fsp3) is 0.364. The van der Waals surface area contributed by atoms with Crippen LogP contribution in [0.4, 0.5) is 0 Å². The van der Waals surface area contributed by atoms with Gasteiger partial charge in [-0.2, -0.15) is 0 Å². The molecule has 1 aromatic rings. The van der Waals surface area contributed by atoms with Gasteiger partial charge in [0.25, 0.3) is 0 Å². The second-order valence-corrected chi connectivity index (χ2v) is 3.76. The fourth-order valence-electron chi connectivity index (χ4n) is 1.38. The van der Waals surface area contributed by atoms with Crippen LogP contribution < -0.4 is 0 Å². The van der Waals surface area contributed by atoms with Gasteiger partial charge in [-0.1, -0.05) is 6.07 Å². The Hall–Kier alpha value is -1.99. The number of hydrogen-bond acceptors (Lipinski definition) is 5. The average Bonchev–Trinajstić information content (AvgIpc) is 2.27. The minimum Gasteiger partial charge on any atom is -0.481 e. The highest BCUT2D eigenvalue weighted by atomic mass is 16.4. The van der Waals surface area contributed by atoms with Gasteiger partial charge in [0.05, 0.1) is 24.6 Å². The van der Waals surface area contributed by atoms with Crippen LogP contribution >= 0.6 is 0 Å². The van der Waals surface area contributed by atoms with Crippen LogP contribution in [0.2, 0.25) is 0 Å². The third-order valence-corrected chi connectivity index (χ3v) is 2.27. The molecule has 0 spiro atoms. The molecule has 0 aliphatic carbocycles. The van der Waals surface area contributed by atoms with Gasteiger partial charge in [-0.3, -0.25) is 14.6 Å². The molecule has 4 N–H and O–H groups in total. The molecule has 7 nitrogen and oxygen atoms in total. The molecule has 0 amide bonds. The second-order valence-electron chi connectivity index (χ2n) is 3.76. The van der Waals surface area contributed by atoms with Gasteiger partial charge in [0.1, 0.15) is 6.10 Å². The van der Waals surface area contributed by atoms with E-state index in [2.05, 4.69) is 4.98 Å². The van der Waals surface area contributed by atoms with Gasteiger partial charge < -0.3 is 20.4 Å². The Morgan fingerprint density at radius 3 is 2.28 bits per heavy atom. The first-order chi connectivity index (χ1) is 8.40. The molecule has 0 aromatic carbocycles. The predicted molar refractivity (Wildman–Crippen MR) is 58.8 cm³/mol. The van der Waals surface area contributed by atoms with Crippen LogP contribution in [0, 0.1) is 0 Å². The van der Waals surface area contributed by atoms with Crippen molar-refractivity contribution in [2.24, 2.45) is 0 Å². The third kappa shape index (κ3) is 4.11. The predicted octanol–water partition coefficient (Wildman–Crippen LogP) is -0.422. The zero-order chi connectivity index (χ0) is 13.7. The van der Waals surface area contributed by atoms with E-state index in [9.17, 15) is 19.8 Å². The van der Waals surface area contributed by atoms with Gasteiger partial charge in [0.15, 0.2) is 0 Å². The molecule has 2 unspecified atom stereocenters. The minimum absolute atomic E-state index is 0.234. The second kappa shape index (κ2) is 6.08. The van der Waals surface area contributed by atoms with Crippen molar-refractivity contribution in [2.45, 2.75) is 25.0 Å². The zero-order valence-corrected chi connectivity index (χ0v) is 9.35. The maximum Gasteiger partial charge on any atom is 0.309 e. The summed E-state index contributed by atoms with van der Waals surface area (Å²) in [5.74, 6) is -2.25. The van der Waals surface area contributed by atoms with Crippen molar-refractivity contribution in [2.75, 3.05) is 0 Å². The van der Waals surface area contributed by atoms with Crippen molar-refractivity contribution in [3.8, 4) is 0 Å². The summed E-state index contributed by atoms with van der Waals surface area (Å²) >= 11 is 0. The van der Waals surface area contributed by atoms with Gasteiger partial charge in [-0.15, -0.1) is 0 Å². The molecule has 2 atom stereocenters. The number of aliphatic hydroxyl groups is 2. The molecule has 1 aromatic heterocycles. The van der Waals surface area contributed by atoms with Crippen molar-refractivity contribution >= 4 is 11.9 Å². The number of pyridine rings is 1. The molecular formula is C11H13NO6. The number of carbonyl (C=O) groups is 2. The highest BCUT2D eigenvalue weighted by Gasteiger charge is 2.21. The fourth-order valence-corrected chi connectivity index (χ4v) is 1.38. The van der Waals surface area contributed by atoms with Crippen LogP contribution in [0.25, 0.3) is 0 Å². The van der Waals surface area contributed by atoms with E-state index in [1.54, 1.807) is 0 Å². The Morgan fingerprint density at radius 1 is 1.17 bits per heavy atom. The normalized spacial score (nSPS) is 13.9. The molecule has 7 heteroatoms. The lowest BCUT2D eigenvalue weighted by atomic mass is 10.0. The summed E-state index contributed by atoms with van der Waals surface area (Å²) in [6, 6.07) is 2.81. The largest absolute Gasteiger partial charge is 0.481 e. The molecule has 18 heavy (non-hydrogen) atoms. The molecule has 0 saturated heterocycles. The van der Waals surface area contributed by atoms with E-state index in [0.717, 1.165) is 0 Å². The van der Waals surface area contributed by atoms with E-state index in [0.29, 0.717) is 5.69 Å². The Kier molecular flexibility index (Phi) is 4.75. The number of hydrogen-bond donors (Lipinski definition) is 4. The highest BCUT2D eigenvalue weighted by Crippen LogP contribution is 2.18. The Balaban J connectivity index is 2.72.